The molecule has 2 heterocycles. The molecule has 1 aromatic heterocycles. The Morgan fingerprint density at radius 3 is 2.81 bits per heavy atom. The van der Waals surface area contributed by atoms with Crippen LogP contribution >= 0.6 is 0 Å². The first-order chi connectivity index (χ1) is 12.5. The van der Waals surface area contributed by atoms with Gasteiger partial charge in [0.1, 0.15) is 17.2 Å². The number of benzene rings is 2. The van der Waals surface area contributed by atoms with Crippen molar-refractivity contribution in [2.24, 2.45) is 0 Å². The van der Waals surface area contributed by atoms with Gasteiger partial charge in [-0.05, 0) is 41.8 Å². The zero-order valence-corrected chi connectivity index (χ0v) is 14.1. The maximum absolute atomic E-state index is 13.7. The Labute approximate surface area is 148 Å². The van der Waals surface area contributed by atoms with Crippen LogP contribution in [0.5, 0.6) is 0 Å². The maximum Gasteiger partial charge on any atom is 0.296 e. The predicted molar refractivity (Wildman–Crippen MR) is 92.4 cm³/mol. The minimum atomic E-state index is -0.385. The van der Waals surface area contributed by atoms with Crippen LogP contribution in [0.2, 0.25) is 0 Å². The average Bonchev–Trinajstić information content (AvgIpc) is 2.89. The zero-order chi connectivity index (χ0) is 18.3. The van der Waals surface area contributed by atoms with Gasteiger partial charge in [0.25, 0.3) is 6.01 Å². The van der Waals surface area contributed by atoms with E-state index in [1.54, 1.807) is 11.0 Å². The van der Waals surface area contributed by atoms with Crippen LogP contribution in [-0.2, 0) is 11.3 Å². The van der Waals surface area contributed by atoms with Gasteiger partial charge < -0.3 is 14.6 Å². The van der Waals surface area contributed by atoms with Gasteiger partial charge in [0.05, 0.1) is 6.04 Å². The molecule has 0 fully saturated rings. The van der Waals surface area contributed by atoms with Crippen LogP contribution in [0.3, 0.4) is 0 Å². The van der Waals surface area contributed by atoms with Crippen LogP contribution in [0.4, 0.5) is 14.8 Å². The van der Waals surface area contributed by atoms with Crippen LogP contribution in [0.25, 0.3) is 11.1 Å². The summed E-state index contributed by atoms with van der Waals surface area (Å²) in [5, 5.41) is 3.20. The summed E-state index contributed by atoms with van der Waals surface area (Å²) in [7, 11) is 0. The fourth-order valence-electron chi connectivity index (χ4n) is 3.31. The lowest BCUT2D eigenvalue weighted by Crippen LogP contribution is -2.28. The fourth-order valence-corrected chi connectivity index (χ4v) is 3.31. The lowest BCUT2D eigenvalue weighted by Gasteiger charge is -2.18. The molecule has 0 saturated carbocycles. The summed E-state index contributed by atoms with van der Waals surface area (Å²) in [6.45, 7) is 2.39. The minimum Gasteiger partial charge on any atom is -0.424 e. The van der Waals surface area contributed by atoms with Crippen molar-refractivity contribution >= 4 is 23.0 Å². The highest BCUT2D eigenvalue weighted by Gasteiger charge is 2.25. The molecule has 5 nitrogen and oxygen atoms in total. The van der Waals surface area contributed by atoms with Crippen LogP contribution < -0.4 is 5.32 Å². The number of carbonyl (C=O) groups excluding carboxylic acids is 1. The van der Waals surface area contributed by atoms with Gasteiger partial charge in [-0.3, -0.25) is 4.79 Å². The first kappa shape index (κ1) is 16.5. The Morgan fingerprint density at radius 1 is 1.23 bits per heavy atom. The Bertz CT molecular complexity index is 986. The van der Waals surface area contributed by atoms with E-state index < -0.39 is 0 Å². The van der Waals surface area contributed by atoms with Gasteiger partial charge in [-0.25, -0.2) is 8.78 Å². The summed E-state index contributed by atoms with van der Waals surface area (Å²) in [6, 6.07) is 8.77. The van der Waals surface area contributed by atoms with Crippen molar-refractivity contribution in [1.29, 1.82) is 0 Å². The number of hydrogen-bond donors (Lipinski definition) is 1. The van der Waals surface area contributed by atoms with Gasteiger partial charge in [-0.2, -0.15) is 4.98 Å². The van der Waals surface area contributed by atoms with Gasteiger partial charge in [-0.1, -0.05) is 6.07 Å². The van der Waals surface area contributed by atoms with E-state index in [0.29, 0.717) is 30.6 Å². The second-order valence-electron chi connectivity index (χ2n) is 6.40. The summed E-state index contributed by atoms with van der Waals surface area (Å²) in [5.41, 5.74) is 2.54. The monoisotopic (exact) mass is 357 g/mol. The summed E-state index contributed by atoms with van der Waals surface area (Å²) < 4.78 is 32.7. The summed E-state index contributed by atoms with van der Waals surface area (Å²) in [4.78, 5) is 17.8. The van der Waals surface area contributed by atoms with Gasteiger partial charge in [0, 0.05) is 26.1 Å². The number of nitrogens with one attached hydrogen (secondary N) is 1. The average molecular weight is 357 g/mol. The molecule has 1 unspecified atom stereocenters. The first-order valence-corrected chi connectivity index (χ1v) is 8.36. The second kappa shape index (κ2) is 6.40. The predicted octanol–water partition coefficient (Wildman–Crippen LogP) is 4.01. The Morgan fingerprint density at radius 2 is 2.00 bits per heavy atom. The first-order valence-electron chi connectivity index (χ1n) is 8.36. The van der Waals surface area contributed by atoms with Crippen LogP contribution in [0.1, 0.15) is 30.5 Å². The summed E-state index contributed by atoms with van der Waals surface area (Å²) in [5.74, 6) is -0.784. The van der Waals surface area contributed by atoms with Crippen molar-refractivity contribution in [3.05, 3.63) is 59.2 Å². The molecule has 0 spiro atoms. The topological polar surface area (TPSA) is 58.4 Å². The maximum atomic E-state index is 13.7. The number of hydrogen-bond acceptors (Lipinski definition) is 4. The third-order valence-corrected chi connectivity index (χ3v) is 4.62. The highest BCUT2D eigenvalue weighted by atomic mass is 19.1. The standard InChI is InChI=1S/C19H17F2N3O2/c1-11(25)24-7-6-16(15-4-2-13(20)8-12(15)10-24)22-19-23-17-9-14(21)3-5-18(17)26-19/h2-5,8-9,16H,6-7,10H2,1H3,(H,22,23). The van der Waals surface area contributed by atoms with E-state index in [1.165, 1.54) is 37.3 Å². The molecule has 1 atom stereocenters. The van der Waals surface area contributed by atoms with E-state index in [9.17, 15) is 13.6 Å². The van der Waals surface area contributed by atoms with Gasteiger partial charge in [-0.15, -0.1) is 0 Å². The van der Waals surface area contributed by atoms with Gasteiger partial charge in [0.15, 0.2) is 5.58 Å². The van der Waals surface area contributed by atoms with E-state index in [4.69, 9.17) is 4.42 Å². The number of fused-ring (bicyclic) bond motifs is 2. The largest absolute Gasteiger partial charge is 0.424 e. The quantitative estimate of drug-likeness (QED) is 0.753. The Kier molecular flexibility index (Phi) is 4.06. The molecule has 1 aliphatic rings. The molecular weight excluding hydrogens is 340 g/mol. The van der Waals surface area contributed by atoms with Gasteiger partial charge >= 0.3 is 0 Å². The molecule has 1 N–H and O–H groups in total. The molecule has 1 amide bonds. The third kappa shape index (κ3) is 3.12. The number of aromatic nitrogens is 1. The molecule has 3 aromatic rings. The lowest BCUT2D eigenvalue weighted by molar-refractivity contribution is -0.129. The van der Waals surface area contributed by atoms with Crippen molar-refractivity contribution in [2.45, 2.75) is 25.9 Å². The Hall–Kier alpha value is -2.96. The van der Waals surface area contributed by atoms with Crippen LogP contribution in [0.15, 0.2) is 40.8 Å². The molecule has 0 aliphatic carbocycles. The minimum absolute atomic E-state index is 0.0572. The molecule has 0 radical (unpaired) electrons. The molecule has 7 heteroatoms. The zero-order valence-electron chi connectivity index (χ0n) is 14.1. The summed E-state index contributed by atoms with van der Waals surface area (Å²) in [6.07, 6.45) is 0.616. The molecule has 2 aromatic carbocycles. The van der Waals surface area contributed by atoms with E-state index in [1.807, 2.05) is 0 Å². The Balaban J connectivity index is 1.67. The van der Waals surface area contributed by atoms with Crippen molar-refractivity contribution in [1.82, 2.24) is 9.88 Å². The van der Waals surface area contributed by atoms with Crippen molar-refractivity contribution in [2.75, 3.05) is 11.9 Å². The van der Waals surface area contributed by atoms with E-state index >= 15 is 0 Å². The fraction of sp³-hybridized carbons (Fsp3) is 0.263. The van der Waals surface area contributed by atoms with Gasteiger partial charge in [0.2, 0.25) is 5.91 Å². The number of rotatable bonds is 2. The van der Waals surface area contributed by atoms with Crippen LogP contribution in [0, 0.1) is 11.6 Å². The van der Waals surface area contributed by atoms with E-state index in [-0.39, 0.29) is 29.6 Å². The molecule has 4 rings (SSSR count). The molecule has 26 heavy (non-hydrogen) atoms. The summed E-state index contributed by atoms with van der Waals surface area (Å²) >= 11 is 0. The number of carbonyl (C=O) groups is 1. The highest BCUT2D eigenvalue weighted by molar-refractivity contribution is 5.74. The van der Waals surface area contributed by atoms with E-state index in [0.717, 1.165) is 11.1 Å². The number of amides is 1. The van der Waals surface area contributed by atoms with E-state index in [2.05, 4.69) is 10.3 Å². The molecule has 134 valence electrons. The second-order valence-corrected chi connectivity index (χ2v) is 6.40. The molecule has 0 saturated heterocycles. The smallest absolute Gasteiger partial charge is 0.296 e. The molecule has 0 bridgehead atoms. The normalized spacial score (nSPS) is 17.0. The van der Waals surface area contributed by atoms with Crippen molar-refractivity contribution in [3.8, 4) is 0 Å². The van der Waals surface area contributed by atoms with Crippen LogP contribution in [-0.4, -0.2) is 22.3 Å². The highest BCUT2D eigenvalue weighted by Crippen LogP contribution is 2.31. The van der Waals surface area contributed by atoms with Crippen molar-refractivity contribution < 1.29 is 18.0 Å². The SMILES string of the molecule is CC(=O)N1CCC(Nc2nc3cc(F)ccc3o2)c2ccc(F)cc2C1. The molecule has 1 aliphatic heterocycles. The number of anilines is 1. The molecular formula is C19H17F2N3O2. The third-order valence-electron chi connectivity index (χ3n) is 4.62. The number of nitrogens with zero attached hydrogens (tertiary/aromatic N) is 2. The number of halogens is 2. The van der Waals surface area contributed by atoms with Crippen molar-refractivity contribution in [3.63, 3.8) is 0 Å². The number of oxazole rings is 1. The lowest BCUT2D eigenvalue weighted by atomic mass is 9.99.